The zero-order valence-electron chi connectivity index (χ0n) is 15.1. The highest BCUT2D eigenvalue weighted by atomic mass is 19.4. The minimum atomic E-state index is -4.50. The smallest absolute Gasteiger partial charge is 0.400 e. The van der Waals surface area contributed by atoms with Crippen molar-refractivity contribution in [2.75, 3.05) is 19.3 Å². The average molecular weight is 356 g/mol. The highest BCUT2D eigenvalue weighted by Crippen LogP contribution is 2.39. The standard InChI is InChI=1S/C17H24BF3N2O2/c1-15(2)16(3,4)25-18(24-15)12(10-23-5)8-11-6-7-14(22)13(9-11)17(19,20)21/h6-9,23H,10,22H2,1-5H3. The third-order valence-corrected chi connectivity index (χ3v) is 4.67. The quantitative estimate of drug-likeness (QED) is 0.640. The fourth-order valence-electron chi connectivity index (χ4n) is 2.52. The minimum Gasteiger partial charge on any atom is -0.400 e. The second kappa shape index (κ2) is 6.66. The molecule has 0 saturated carbocycles. The lowest BCUT2D eigenvalue weighted by Gasteiger charge is -2.32. The van der Waals surface area contributed by atoms with E-state index in [1.165, 1.54) is 6.07 Å². The molecule has 1 fully saturated rings. The summed E-state index contributed by atoms with van der Waals surface area (Å²) in [6, 6.07) is 3.84. The molecule has 0 amide bonds. The maximum Gasteiger partial charge on any atom is 0.491 e. The molecule has 0 aliphatic carbocycles. The van der Waals surface area contributed by atoms with Crippen LogP contribution in [0, 0.1) is 0 Å². The van der Waals surface area contributed by atoms with Crippen molar-refractivity contribution in [1.82, 2.24) is 5.32 Å². The number of hydrogen-bond acceptors (Lipinski definition) is 4. The van der Waals surface area contributed by atoms with Gasteiger partial charge in [0.05, 0.1) is 16.8 Å². The van der Waals surface area contributed by atoms with E-state index < -0.39 is 30.1 Å². The Morgan fingerprint density at radius 2 is 1.76 bits per heavy atom. The van der Waals surface area contributed by atoms with Crippen LogP contribution in [0.3, 0.4) is 0 Å². The van der Waals surface area contributed by atoms with Crippen molar-refractivity contribution >= 4 is 18.9 Å². The van der Waals surface area contributed by atoms with Crippen molar-refractivity contribution in [3.8, 4) is 0 Å². The number of nitrogens with two attached hydrogens (primary N) is 1. The molecule has 0 unspecified atom stereocenters. The molecule has 3 N–H and O–H groups in total. The van der Waals surface area contributed by atoms with Crippen LogP contribution in [0.1, 0.15) is 38.8 Å². The van der Waals surface area contributed by atoms with Crippen LogP contribution in [0.25, 0.3) is 6.08 Å². The second-order valence-electron chi connectivity index (χ2n) is 7.18. The van der Waals surface area contributed by atoms with Crippen molar-refractivity contribution < 1.29 is 22.5 Å². The van der Waals surface area contributed by atoms with Gasteiger partial charge < -0.3 is 20.4 Å². The van der Waals surface area contributed by atoms with Gasteiger partial charge in [-0.15, -0.1) is 0 Å². The molecule has 1 aliphatic rings. The molecule has 1 saturated heterocycles. The third-order valence-electron chi connectivity index (χ3n) is 4.67. The van der Waals surface area contributed by atoms with E-state index in [1.807, 2.05) is 27.7 Å². The summed E-state index contributed by atoms with van der Waals surface area (Å²) in [5, 5.41) is 3.00. The van der Waals surface area contributed by atoms with Crippen LogP contribution < -0.4 is 11.1 Å². The number of likely N-dealkylation sites (N-methyl/N-ethyl adjacent to an activating group) is 1. The van der Waals surface area contributed by atoms with Crippen molar-refractivity contribution in [3.63, 3.8) is 0 Å². The lowest BCUT2D eigenvalue weighted by molar-refractivity contribution is -0.136. The van der Waals surface area contributed by atoms with Crippen LogP contribution in [0.5, 0.6) is 0 Å². The van der Waals surface area contributed by atoms with Gasteiger partial charge in [0, 0.05) is 12.2 Å². The molecule has 2 rings (SSSR count). The first-order valence-electron chi connectivity index (χ1n) is 8.05. The van der Waals surface area contributed by atoms with E-state index in [1.54, 1.807) is 19.2 Å². The number of hydrogen-bond donors (Lipinski definition) is 2. The van der Waals surface area contributed by atoms with Gasteiger partial charge in [0.1, 0.15) is 0 Å². The number of alkyl halides is 3. The molecule has 25 heavy (non-hydrogen) atoms. The first-order valence-corrected chi connectivity index (χ1v) is 8.05. The van der Waals surface area contributed by atoms with Gasteiger partial charge in [-0.3, -0.25) is 0 Å². The molecule has 138 valence electrons. The molecule has 1 aromatic carbocycles. The van der Waals surface area contributed by atoms with E-state index in [0.717, 1.165) is 6.07 Å². The predicted molar refractivity (Wildman–Crippen MR) is 93.8 cm³/mol. The van der Waals surface area contributed by atoms with Crippen LogP contribution in [0.15, 0.2) is 23.7 Å². The Labute approximate surface area is 146 Å². The van der Waals surface area contributed by atoms with Crippen molar-refractivity contribution in [1.29, 1.82) is 0 Å². The number of nitrogens with one attached hydrogen (secondary N) is 1. The van der Waals surface area contributed by atoms with Crippen molar-refractivity contribution in [2.45, 2.75) is 45.1 Å². The van der Waals surface area contributed by atoms with E-state index in [9.17, 15) is 13.2 Å². The maximum atomic E-state index is 13.1. The highest BCUT2D eigenvalue weighted by Gasteiger charge is 2.52. The van der Waals surface area contributed by atoms with Gasteiger partial charge in [-0.1, -0.05) is 12.1 Å². The Hall–Kier alpha value is -1.51. The average Bonchev–Trinajstić information content (AvgIpc) is 2.67. The molecule has 0 bridgehead atoms. The lowest BCUT2D eigenvalue weighted by atomic mass is 9.77. The molecule has 0 atom stereocenters. The zero-order valence-corrected chi connectivity index (χ0v) is 15.1. The fourth-order valence-corrected chi connectivity index (χ4v) is 2.52. The summed E-state index contributed by atoms with van der Waals surface area (Å²) in [5.74, 6) is 0. The summed E-state index contributed by atoms with van der Waals surface area (Å²) in [5.41, 5.74) is 4.36. The van der Waals surface area contributed by atoms with E-state index in [0.29, 0.717) is 17.6 Å². The maximum absolute atomic E-state index is 13.1. The zero-order chi connectivity index (χ0) is 19.0. The SMILES string of the molecule is CNCC(=Cc1ccc(N)c(C(F)(F)F)c1)B1OC(C)(C)C(C)(C)O1. The summed E-state index contributed by atoms with van der Waals surface area (Å²) < 4.78 is 51.2. The van der Waals surface area contributed by atoms with Crippen molar-refractivity contribution in [2.24, 2.45) is 0 Å². The fraction of sp³-hybridized carbons (Fsp3) is 0.529. The summed E-state index contributed by atoms with van der Waals surface area (Å²) in [7, 11) is 1.12. The summed E-state index contributed by atoms with van der Waals surface area (Å²) in [6.45, 7) is 8.12. The van der Waals surface area contributed by atoms with Gasteiger partial charge in [0.2, 0.25) is 0 Å². The number of nitrogen functional groups attached to an aromatic ring is 1. The molecular formula is C17H24BF3N2O2. The number of benzene rings is 1. The molecule has 4 nitrogen and oxygen atoms in total. The van der Waals surface area contributed by atoms with Gasteiger partial charge >= 0.3 is 13.3 Å². The molecule has 1 aliphatic heterocycles. The molecule has 0 spiro atoms. The largest absolute Gasteiger partial charge is 0.491 e. The molecule has 1 aromatic rings. The summed E-state index contributed by atoms with van der Waals surface area (Å²) in [4.78, 5) is 0. The van der Waals surface area contributed by atoms with E-state index in [2.05, 4.69) is 5.32 Å². The Morgan fingerprint density at radius 3 is 2.24 bits per heavy atom. The highest BCUT2D eigenvalue weighted by molar-refractivity contribution is 6.55. The van der Waals surface area contributed by atoms with E-state index in [4.69, 9.17) is 15.0 Å². The van der Waals surface area contributed by atoms with Crippen molar-refractivity contribution in [3.05, 3.63) is 34.8 Å². The summed E-state index contributed by atoms with van der Waals surface area (Å²) >= 11 is 0. The van der Waals surface area contributed by atoms with E-state index >= 15 is 0 Å². The lowest BCUT2D eigenvalue weighted by Crippen LogP contribution is -2.41. The molecule has 1 heterocycles. The van der Waals surface area contributed by atoms with Crippen LogP contribution in [-0.2, 0) is 15.5 Å². The molecule has 8 heteroatoms. The Morgan fingerprint density at radius 1 is 1.20 bits per heavy atom. The van der Waals surface area contributed by atoms with Gasteiger partial charge in [0.25, 0.3) is 0 Å². The number of halogens is 3. The van der Waals surface area contributed by atoms with Crippen LogP contribution in [-0.4, -0.2) is 31.9 Å². The Kier molecular flexibility index (Phi) is 5.28. The van der Waals surface area contributed by atoms with Gasteiger partial charge in [-0.05, 0) is 57.9 Å². The Bertz CT molecular complexity index is 656. The summed E-state index contributed by atoms with van der Waals surface area (Å²) in [6.07, 6.45) is -2.85. The monoisotopic (exact) mass is 356 g/mol. The first kappa shape index (κ1) is 19.8. The van der Waals surface area contributed by atoms with Gasteiger partial charge in [-0.2, -0.15) is 13.2 Å². The molecule has 0 aromatic heterocycles. The van der Waals surface area contributed by atoms with E-state index in [-0.39, 0.29) is 5.69 Å². The number of anilines is 1. The third kappa shape index (κ3) is 4.19. The van der Waals surface area contributed by atoms with Crippen LogP contribution in [0.2, 0.25) is 0 Å². The second-order valence-corrected chi connectivity index (χ2v) is 7.18. The molecular weight excluding hydrogens is 332 g/mol. The normalized spacial score (nSPS) is 20.2. The molecule has 0 radical (unpaired) electrons. The number of rotatable bonds is 4. The van der Waals surface area contributed by atoms with Crippen LogP contribution in [0.4, 0.5) is 18.9 Å². The Balaban J connectivity index is 2.39. The van der Waals surface area contributed by atoms with Gasteiger partial charge in [-0.25, -0.2) is 0 Å². The topological polar surface area (TPSA) is 56.5 Å². The predicted octanol–water partition coefficient (Wildman–Crippen LogP) is 3.52. The van der Waals surface area contributed by atoms with Gasteiger partial charge in [0.15, 0.2) is 0 Å². The van der Waals surface area contributed by atoms with Crippen LogP contribution >= 0.6 is 0 Å². The minimum absolute atomic E-state index is 0.296. The first-order chi connectivity index (χ1) is 11.4.